The molecule has 0 radical (unpaired) electrons. The van der Waals surface area contributed by atoms with Crippen molar-refractivity contribution in [2.75, 3.05) is 33.2 Å². The second-order valence-corrected chi connectivity index (χ2v) is 9.43. The third-order valence-electron chi connectivity index (χ3n) is 4.78. The van der Waals surface area contributed by atoms with E-state index in [2.05, 4.69) is 25.9 Å². The van der Waals surface area contributed by atoms with Crippen molar-refractivity contribution in [1.82, 2.24) is 24.2 Å². The lowest BCUT2D eigenvalue weighted by molar-refractivity contribution is 0.222. The fourth-order valence-corrected chi connectivity index (χ4v) is 5.10. The molecule has 1 fully saturated rings. The quantitative estimate of drug-likeness (QED) is 0.629. The van der Waals surface area contributed by atoms with Crippen molar-refractivity contribution in [2.45, 2.75) is 4.90 Å². The SMILES string of the molecule is CN1CCN(S(=O)(=O)c2ccc(-c3nccc(-c4ncsc4C#N)n3)cc2)CC1. The van der Waals surface area contributed by atoms with Gasteiger partial charge in [-0.25, -0.2) is 23.4 Å². The Hall–Kier alpha value is -2.71. The van der Waals surface area contributed by atoms with Crippen LogP contribution in [0.3, 0.4) is 0 Å². The Balaban J connectivity index is 1.60. The molecule has 29 heavy (non-hydrogen) atoms. The van der Waals surface area contributed by atoms with Crippen LogP contribution in [0.5, 0.6) is 0 Å². The number of piperazine rings is 1. The molecule has 0 atom stereocenters. The molecule has 0 saturated carbocycles. The minimum absolute atomic E-state index is 0.258. The molecule has 0 unspecified atom stereocenters. The topological polar surface area (TPSA) is 103 Å². The monoisotopic (exact) mass is 426 g/mol. The summed E-state index contributed by atoms with van der Waals surface area (Å²) in [5.41, 5.74) is 3.38. The number of hydrogen-bond donors (Lipinski definition) is 0. The molecule has 10 heteroatoms. The fourth-order valence-electron chi connectivity index (χ4n) is 3.09. The van der Waals surface area contributed by atoms with Gasteiger partial charge in [-0.2, -0.15) is 9.57 Å². The van der Waals surface area contributed by atoms with Crippen molar-refractivity contribution in [2.24, 2.45) is 0 Å². The smallest absolute Gasteiger partial charge is 0.243 e. The molecule has 0 N–H and O–H groups in total. The molecule has 4 rings (SSSR count). The van der Waals surface area contributed by atoms with E-state index in [4.69, 9.17) is 0 Å². The predicted octanol–water partition coefficient (Wildman–Crippen LogP) is 2.07. The first-order valence-electron chi connectivity index (χ1n) is 8.95. The number of benzene rings is 1. The number of nitriles is 1. The minimum Gasteiger partial charge on any atom is -0.304 e. The van der Waals surface area contributed by atoms with Gasteiger partial charge >= 0.3 is 0 Å². The molecule has 1 aromatic carbocycles. The maximum atomic E-state index is 12.9. The Kier molecular flexibility index (Phi) is 5.38. The summed E-state index contributed by atoms with van der Waals surface area (Å²) >= 11 is 1.26. The number of hydrogen-bond acceptors (Lipinski definition) is 8. The van der Waals surface area contributed by atoms with Crippen molar-refractivity contribution in [3.8, 4) is 28.8 Å². The van der Waals surface area contributed by atoms with E-state index in [1.165, 1.54) is 15.6 Å². The Morgan fingerprint density at radius 2 is 1.79 bits per heavy atom. The summed E-state index contributed by atoms with van der Waals surface area (Å²) < 4.78 is 27.2. The normalized spacial score (nSPS) is 15.9. The van der Waals surface area contributed by atoms with E-state index in [1.807, 2.05) is 7.05 Å². The molecule has 2 aromatic heterocycles. The third-order valence-corrected chi connectivity index (χ3v) is 7.42. The van der Waals surface area contributed by atoms with E-state index >= 15 is 0 Å². The molecule has 0 aliphatic carbocycles. The standard InChI is InChI=1S/C19H18N6O2S2/c1-24-8-10-25(11-9-24)29(26,27)15-4-2-14(3-5-15)19-21-7-6-16(23-19)18-17(12-20)28-13-22-18/h2-7,13H,8-11H2,1H3. The zero-order valence-corrected chi connectivity index (χ0v) is 17.3. The highest BCUT2D eigenvalue weighted by Gasteiger charge is 2.27. The van der Waals surface area contributed by atoms with Gasteiger partial charge in [-0.15, -0.1) is 11.3 Å². The van der Waals surface area contributed by atoms with Crippen LogP contribution >= 0.6 is 11.3 Å². The predicted molar refractivity (Wildman–Crippen MR) is 110 cm³/mol. The minimum atomic E-state index is -3.52. The van der Waals surface area contributed by atoms with Crippen LogP contribution < -0.4 is 0 Å². The number of aromatic nitrogens is 3. The average molecular weight is 427 g/mol. The van der Waals surface area contributed by atoms with Gasteiger partial charge in [0.2, 0.25) is 10.0 Å². The van der Waals surface area contributed by atoms with Crippen LogP contribution in [0.1, 0.15) is 4.88 Å². The van der Waals surface area contributed by atoms with Gasteiger partial charge in [0.1, 0.15) is 16.6 Å². The summed E-state index contributed by atoms with van der Waals surface area (Å²) in [4.78, 5) is 15.9. The summed E-state index contributed by atoms with van der Waals surface area (Å²) in [6.07, 6.45) is 1.60. The molecule has 0 amide bonds. The van der Waals surface area contributed by atoms with E-state index in [-0.39, 0.29) is 4.90 Å². The van der Waals surface area contributed by atoms with Crippen LogP contribution in [0.25, 0.3) is 22.8 Å². The van der Waals surface area contributed by atoms with E-state index in [9.17, 15) is 13.7 Å². The molecule has 3 aromatic rings. The molecular weight excluding hydrogens is 408 g/mol. The molecule has 148 valence electrons. The maximum Gasteiger partial charge on any atom is 0.243 e. The third kappa shape index (κ3) is 3.90. The largest absolute Gasteiger partial charge is 0.304 e. The molecule has 0 bridgehead atoms. The fraction of sp³-hybridized carbons (Fsp3) is 0.263. The second-order valence-electron chi connectivity index (χ2n) is 6.64. The molecular formula is C19H18N6O2S2. The van der Waals surface area contributed by atoms with Gasteiger partial charge in [0.15, 0.2) is 5.82 Å². The first-order valence-corrected chi connectivity index (χ1v) is 11.3. The molecule has 1 saturated heterocycles. The van der Waals surface area contributed by atoms with Crippen LogP contribution in [-0.4, -0.2) is 65.8 Å². The molecule has 1 aliphatic heterocycles. The van der Waals surface area contributed by atoms with Gasteiger partial charge in [0.05, 0.1) is 16.1 Å². The Bertz CT molecular complexity index is 1160. The number of thiazole rings is 1. The summed E-state index contributed by atoms with van der Waals surface area (Å²) in [7, 11) is -1.53. The summed E-state index contributed by atoms with van der Waals surface area (Å²) in [6, 6.07) is 10.4. The molecule has 1 aliphatic rings. The zero-order chi connectivity index (χ0) is 20.4. The lowest BCUT2D eigenvalue weighted by atomic mass is 10.2. The van der Waals surface area contributed by atoms with E-state index < -0.39 is 10.0 Å². The Morgan fingerprint density at radius 1 is 1.07 bits per heavy atom. The van der Waals surface area contributed by atoms with Gasteiger partial charge in [-0.05, 0) is 37.4 Å². The lowest BCUT2D eigenvalue weighted by Gasteiger charge is -2.31. The zero-order valence-electron chi connectivity index (χ0n) is 15.7. The summed E-state index contributed by atoms with van der Waals surface area (Å²) in [6.45, 7) is 2.42. The lowest BCUT2D eigenvalue weighted by Crippen LogP contribution is -2.46. The maximum absolute atomic E-state index is 12.9. The second kappa shape index (κ2) is 7.96. The average Bonchev–Trinajstić information content (AvgIpc) is 3.23. The number of likely N-dealkylation sites (N-methyl/N-ethyl adjacent to an activating group) is 1. The van der Waals surface area contributed by atoms with Crippen LogP contribution in [0.4, 0.5) is 0 Å². The van der Waals surface area contributed by atoms with Crippen LogP contribution in [-0.2, 0) is 10.0 Å². The van der Waals surface area contributed by atoms with Gasteiger partial charge in [-0.3, -0.25) is 0 Å². The highest BCUT2D eigenvalue weighted by atomic mass is 32.2. The van der Waals surface area contributed by atoms with Gasteiger partial charge in [-0.1, -0.05) is 0 Å². The van der Waals surface area contributed by atoms with Crippen molar-refractivity contribution >= 4 is 21.4 Å². The van der Waals surface area contributed by atoms with Crippen molar-refractivity contribution in [3.63, 3.8) is 0 Å². The summed E-state index contributed by atoms with van der Waals surface area (Å²) in [5, 5.41) is 9.20. The van der Waals surface area contributed by atoms with Crippen molar-refractivity contribution < 1.29 is 8.42 Å². The van der Waals surface area contributed by atoms with Gasteiger partial charge in [0.25, 0.3) is 0 Å². The molecule has 8 nitrogen and oxygen atoms in total. The van der Waals surface area contributed by atoms with E-state index in [1.54, 1.807) is 42.0 Å². The first-order chi connectivity index (χ1) is 14.0. The van der Waals surface area contributed by atoms with Crippen LogP contribution in [0, 0.1) is 11.3 Å². The van der Waals surface area contributed by atoms with Gasteiger partial charge < -0.3 is 4.90 Å². The van der Waals surface area contributed by atoms with Gasteiger partial charge in [0, 0.05) is 37.9 Å². The molecule has 0 spiro atoms. The Morgan fingerprint density at radius 3 is 2.48 bits per heavy atom. The highest BCUT2D eigenvalue weighted by molar-refractivity contribution is 7.89. The van der Waals surface area contributed by atoms with E-state index in [0.29, 0.717) is 40.7 Å². The summed E-state index contributed by atoms with van der Waals surface area (Å²) in [5.74, 6) is 0.447. The molecule has 3 heterocycles. The number of nitrogens with zero attached hydrogens (tertiary/aromatic N) is 6. The van der Waals surface area contributed by atoms with Crippen molar-refractivity contribution in [1.29, 1.82) is 5.26 Å². The number of rotatable bonds is 4. The van der Waals surface area contributed by atoms with Crippen molar-refractivity contribution in [3.05, 3.63) is 46.9 Å². The first kappa shape index (κ1) is 19.6. The highest BCUT2D eigenvalue weighted by Crippen LogP contribution is 2.26. The van der Waals surface area contributed by atoms with E-state index in [0.717, 1.165) is 13.1 Å². The number of sulfonamides is 1. The Labute approximate surface area is 173 Å². The van der Waals surface area contributed by atoms with Crippen LogP contribution in [0.2, 0.25) is 0 Å². The van der Waals surface area contributed by atoms with Crippen LogP contribution in [0.15, 0.2) is 46.9 Å².